The number of anilines is 1. The van der Waals surface area contributed by atoms with Crippen LogP contribution >= 0.6 is 0 Å². The lowest BCUT2D eigenvalue weighted by atomic mass is 9.75. The highest BCUT2D eigenvalue weighted by Crippen LogP contribution is 2.38. The number of aromatic hydroxyl groups is 1. The highest BCUT2D eigenvalue weighted by atomic mass is 19.1. The van der Waals surface area contributed by atoms with Crippen molar-refractivity contribution in [3.05, 3.63) is 66.6 Å². The molecule has 0 spiro atoms. The maximum absolute atomic E-state index is 16.3. The Morgan fingerprint density at radius 2 is 1.95 bits per heavy atom. The number of imidazole rings is 1. The normalized spacial score (nSPS) is 14.5. The van der Waals surface area contributed by atoms with Gasteiger partial charge in [-0.3, -0.25) is 4.98 Å². The van der Waals surface area contributed by atoms with Crippen LogP contribution in [0.5, 0.6) is 11.8 Å². The number of benzene rings is 2. The topological polar surface area (TPSA) is 101 Å². The Kier molecular flexibility index (Phi) is 6.71. The minimum Gasteiger partial charge on any atom is -0.508 e. The van der Waals surface area contributed by atoms with Crippen LogP contribution in [-0.4, -0.2) is 67.3 Å². The number of hydrogen-bond donors (Lipinski definition) is 2. The molecule has 0 atom stereocenters. The summed E-state index contributed by atoms with van der Waals surface area (Å²) in [4.78, 5) is 20.2. The summed E-state index contributed by atoms with van der Waals surface area (Å²) in [5.74, 6) is 0.778. The first-order valence-electron chi connectivity index (χ1n) is 13.4. The molecule has 9 nitrogen and oxygen atoms in total. The molecular formula is C30H32FN7O2. The minimum absolute atomic E-state index is 0.0168. The monoisotopic (exact) mass is 541 g/mol. The van der Waals surface area contributed by atoms with Gasteiger partial charge in [0, 0.05) is 49.7 Å². The quantitative estimate of drug-likeness (QED) is 0.271. The third-order valence-corrected chi connectivity index (χ3v) is 8.06. The first kappa shape index (κ1) is 25.9. The van der Waals surface area contributed by atoms with E-state index in [4.69, 9.17) is 4.74 Å². The van der Waals surface area contributed by atoms with Crippen molar-refractivity contribution in [1.82, 2.24) is 29.4 Å². The first-order chi connectivity index (χ1) is 19.3. The lowest BCUT2D eigenvalue weighted by Gasteiger charge is -2.47. The van der Waals surface area contributed by atoms with Crippen LogP contribution in [0.15, 0.2) is 55.0 Å². The summed E-state index contributed by atoms with van der Waals surface area (Å²) in [5, 5.41) is 15.9. The number of fused-ring (bicyclic) bond motifs is 2. The van der Waals surface area contributed by atoms with E-state index in [1.165, 1.54) is 12.5 Å². The number of aryl methyl sites for hydroxylation is 1. The van der Waals surface area contributed by atoms with E-state index >= 15 is 4.39 Å². The van der Waals surface area contributed by atoms with Gasteiger partial charge in [-0.05, 0) is 56.3 Å². The van der Waals surface area contributed by atoms with Crippen molar-refractivity contribution in [3.8, 4) is 23.0 Å². The summed E-state index contributed by atoms with van der Waals surface area (Å²) >= 11 is 0. The summed E-state index contributed by atoms with van der Waals surface area (Å²) < 4.78 is 24.2. The summed E-state index contributed by atoms with van der Waals surface area (Å²) in [7, 11) is 6.09. The van der Waals surface area contributed by atoms with Crippen molar-refractivity contribution in [2.24, 2.45) is 7.05 Å². The molecule has 40 heavy (non-hydrogen) atoms. The Balaban J connectivity index is 1.41. The highest BCUT2D eigenvalue weighted by molar-refractivity contribution is 5.99. The van der Waals surface area contributed by atoms with Crippen molar-refractivity contribution in [3.63, 3.8) is 0 Å². The van der Waals surface area contributed by atoms with E-state index in [0.717, 1.165) is 29.4 Å². The third kappa shape index (κ3) is 4.68. The van der Waals surface area contributed by atoms with Gasteiger partial charge in [0.05, 0.1) is 12.0 Å². The Morgan fingerprint density at radius 3 is 2.67 bits per heavy atom. The maximum atomic E-state index is 16.3. The van der Waals surface area contributed by atoms with Crippen LogP contribution < -0.4 is 10.1 Å². The molecule has 10 heteroatoms. The average molecular weight is 542 g/mol. The second-order valence-corrected chi connectivity index (χ2v) is 10.6. The molecule has 6 rings (SSSR count). The van der Waals surface area contributed by atoms with Crippen LogP contribution in [0.1, 0.15) is 25.1 Å². The number of rotatable bonds is 9. The number of phenols is 1. The number of nitrogens with zero attached hydrogens (tertiary/aromatic N) is 6. The van der Waals surface area contributed by atoms with Gasteiger partial charge in [-0.25, -0.2) is 9.37 Å². The van der Waals surface area contributed by atoms with Gasteiger partial charge in [-0.2, -0.15) is 9.97 Å². The number of aromatic nitrogens is 5. The van der Waals surface area contributed by atoms with Gasteiger partial charge in [-0.15, -0.1) is 0 Å². The van der Waals surface area contributed by atoms with Gasteiger partial charge in [0.2, 0.25) is 0 Å². The fourth-order valence-corrected chi connectivity index (χ4v) is 5.40. The summed E-state index contributed by atoms with van der Waals surface area (Å²) in [6, 6.07) is 10.8. The fraction of sp³-hybridized carbons (Fsp3) is 0.333. The molecule has 1 aliphatic rings. The Labute approximate surface area is 231 Å². The SMILES string of the molecule is CN(C)C1(CNc2nc(OCCc3nccn3C)nc3c(F)c(-c4cc(O)cc5ccccc45)ncc23)CCC1. The molecule has 1 fully saturated rings. The van der Waals surface area contributed by atoms with Crippen molar-refractivity contribution in [2.75, 3.05) is 32.6 Å². The Bertz CT molecular complexity index is 1700. The number of likely N-dealkylation sites (N-methyl/N-ethyl adjacent to an activating group) is 1. The molecule has 1 aliphatic carbocycles. The van der Waals surface area contributed by atoms with Crippen molar-refractivity contribution >= 4 is 27.5 Å². The van der Waals surface area contributed by atoms with Crippen LogP contribution in [0.25, 0.3) is 32.9 Å². The fourth-order valence-electron chi connectivity index (χ4n) is 5.40. The van der Waals surface area contributed by atoms with Gasteiger partial charge >= 0.3 is 6.01 Å². The van der Waals surface area contributed by atoms with Crippen molar-refractivity contribution < 1.29 is 14.2 Å². The van der Waals surface area contributed by atoms with Gasteiger partial charge in [0.15, 0.2) is 5.82 Å². The Hall–Kier alpha value is -4.31. The number of halogens is 1. The standard InChI is InChI=1S/C30H32FN7O2/c1-37(2)30(10-6-11-30)18-34-28-23-17-33-26(22-16-20(39)15-19-7-4-5-8-21(19)22)25(31)27(23)35-29(36-28)40-14-9-24-32-12-13-38(24)3/h4-5,7-8,12-13,15-17,39H,6,9-11,14,18H2,1-3H3,(H,34,35,36). The second kappa shape index (κ2) is 10.3. The molecule has 3 aromatic heterocycles. The Morgan fingerprint density at radius 1 is 1.12 bits per heavy atom. The van der Waals surface area contributed by atoms with Crippen LogP contribution in [-0.2, 0) is 13.5 Å². The molecule has 5 aromatic rings. The molecule has 0 aliphatic heterocycles. The number of hydrogen-bond acceptors (Lipinski definition) is 8. The second-order valence-electron chi connectivity index (χ2n) is 10.6. The smallest absolute Gasteiger partial charge is 0.319 e. The molecule has 0 radical (unpaired) electrons. The van der Waals surface area contributed by atoms with E-state index < -0.39 is 5.82 Å². The van der Waals surface area contributed by atoms with Gasteiger partial charge in [0.25, 0.3) is 0 Å². The number of pyridine rings is 1. The zero-order valence-corrected chi connectivity index (χ0v) is 22.9. The molecule has 206 valence electrons. The molecule has 0 amide bonds. The van der Waals surface area contributed by atoms with E-state index in [1.807, 2.05) is 42.1 Å². The van der Waals surface area contributed by atoms with E-state index in [2.05, 4.69) is 44.2 Å². The van der Waals surface area contributed by atoms with Gasteiger partial charge in [-0.1, -0.05) is 24.3 Å². The van der Waals surface area contributed by atoms with Crippen molar-refractivity contribution in [2.45, 2.75) is 31.2 Å². The van der Waals surface area contributed by atoms with Gasteiger partial charge in [0.1, 0.15) is 28.6 Å². The molecular weight excluding hydrogens is 509 g/mol. The van der Waals surface area contributed by atoms with E-state index in [0.29, 0.717) is 29.7 Å². The van der Waals surface area contributed by atoms with Crippen LogP contribution in [0, 0.1) is 5.82 Å². The van der Waals surface area contributed by atoms with Crippen LogP contribution in [0.4, 0.5) is 10.2 Å². The van der Waals surface area contributed by atoms with E-state index in [1.54, 1.807) is 18.5 Å². The molecule has 0 unspecified atom stereocenters. The maximum Gasteiger partial charge on any atom is 0.319 e. The molecule has 0 bridgehead atoms. The molecule has 0 saturated heterocycles. The molecule has 2 aromatic carbocycles. The van der Waals surface area contributed by atoms with Crippen molar-refractivity contribution in [1.29, 1.82) is 0 Å². The molecule has 3 heterocycles. The lowest BCUT2D eigenvalue weighted by Crippen LogP contribution is -2.54. The summed E-state index contributed by atoms with van der Waals surface area (Å²) in [6.07, 6.45) is 9.07. The zero-order chi connectivity index (χ0) is 27.9. The molecule has 1 saturated carbocycles. The minimum atomic E-state index is -0.598. The molecule has 2 N–H and O–H groups in total. The zero-order valence-electron chi connectivity index (χ0n) is 22.9. The van der Waals surface area contributed by atoms with E-state index in [-0.39, 0.29) is 35.1 Å². The number of ether oxygens (including phenoxy) is 1. The predicted molar refractivity (Wildman–Crippen MR) is 153 cm³/mol. The average Bonchev–Trinajstić information content (AvgIpc) is 3.32. The third-order valence-electron chi connectivity index (χ3n) is 8.06. The number of phenolic OH excluding ortho intramolecular Hbond substituents is 1. The number of nitrogens with one attached hydrogen (secondary N) is 1. The predicted octanol–water partition coefficient (Wildman–Crippen LogP) is 4.94. The summed E-state index contributed by atoms with van der Waals surface area (Å²) in [6.45, 7) is 0.938. The summed E-state index contributed by atoms with van der Waals surface area (Å²) in [5.41, 5.74) is 0.714. The highest BCUT2D eigenvalue weighted by Gasteiger charge is 2.39. The van der Waals surface area contributed by atoms with Crippen LogP contribution in [0.3, 0.4) is 0 Å². The largest absolute Gasteiger partial charge is 0.508 e. The van der Waals surface area contributed by atoms with Gasteiger partial charge < -0.3 is 24.6 Å². The first-order valence-corrected chi connectivity index (χ1v) is 13.4. The lowest BCUT2D eigenvalue weighted by molar-refractivity contribution is 0.0738. The van der Waals surface area contributed by atoms with E-state index in [9.17, 15) is 5.11 Å². The van der Waals surface area contributed by atoms with Crippen LogP contribution in [0.2, 0.25) is 0 Å².